The van der Waals surface area contributed by atoms with E-state index in [-0.39, 0.29) is 24.7 Å². The Bertz CT molecular complexity index is 337. The Morgan fingerprint density at radius 2 is 2.13 bits per heavy atom. The number of carboxylic acids is 1. The SMILES string of the molecule is O=C(O)CC[C@]1(C2CC2)NC(=O)NC1=O. The van der Waals surface area contributed by atoms with Gasteiger partial charge in [-0.2, -0.15) is 0 Å². The maximum atomic E-state index is 11.6. The molecule has 15 heavy (non-hydrogen) atoms. The maximum Gasteiger partial charge on any atom is 0.322 e. The van der Waals surface area contributed by atoms with E-state index in [9.17, 15) is 14.4 Å². The van der Waals surface area contributed by atoms with E-state index in [0.29, 0.717) is 0 Å². The third kappa shape index (κ3) is 1.67. The first-order chi connectivity index (χ1) is 7.04. The number of carbonyl (C=O) groups is 3. The highest BCUT2D eigenvalue weighted by molar-refractivity contribution is 6.07. The number of imide groups is 1. The van der Waals surface area contributed by atoms with Gasteiger partial charge in [0.15, 0.2) is 0 Å². The van der Waals surface area contributed by atoms with Crippen LogP contribution in [0.15, 0.2) is 0 Å². The van der Waals surface area contributed by atoms with Crippen molar-refractivity contribution < 1.29 is 19.5 Å². The second kappa shape index (κ2) is 3.22. The number of rotatable bonds is 4. The number of carbonyl (C=O) groups excluding carboxylic acids is 2. The van der Waals surface area contributed by atoms with E-state index in [0.717, 1.165) is 12.8 Å². The van der Waals surface area contributed by atoms with E-state index in [1.54, 1.807) is 0 Å². The molecule has 1 atom stereocenters. The molecule has 3 amide bonds. The van der Waals surface area contributed by atoms with Crippen LogP contribution in [0.25, 0.3) is 0 Å². The smallest absolute Gasteiger partial charge is 0.322 e. The molecule has 6 heteroatoms. The van der Waals surface area contributed by atoms with Gasteiger partial charge in [-0.15, -0.1) is 0 Å². The Morgan fingerprint density at radius 3 is 2.53 bits per heavy atom. The van der Waals surface area contributed by atoms with Crippen molar-refractivity contribution in [3.05, 3.63) is 0 Å². The van der Waals surface area contributed by atoms with Crippen molar-refractivity contribution in [3.8, 4) is 0 Å². The molecule has 1 aliphatic carbocycles. The molecule has 0 bridgehead atoms. The summed E-state index contributed by atoms with van der Waals surface area (Å²) in [6.07, 6.45) is 1.80. The van der Waals surface area contributed by atoms with Gasteiger partial charge >= 0.3 is 12.0 Å². The zero-order valence-corrected chi connectivity index (χ0v) is 8.08. The second-order valence-electron chi connectivity index (χ2n) is 4.05. The lowest BCUT2D eigenvalue weighted by molar-refractivity contribution is -0.137. The molecule has 0 radical (unpaired) electrons. The van der Waals surface area contributed by atoms with Gasteiger partial charge in [0.1, 0.15) is 5.54 Å². The summed E-state index contributed by atoms with van der Waals surface area (Å²) in [5.74, 6) is -1.23. The molecule has 1 aliphatic heterocycles. The molecule has 1 saturated carbocycles. The van der Waals surface area contributed by atoms with Gasteiger partial charge in [-0.1, -0.05) is 0 Å². The van der Waals surface area contributed by atoms with Gasteiger partial charge in [-0.05, 0) is 25.2 Å². The molecule has 0 spiro atoms. The average Bonchev–Trinajstić information content (AvgIpc) is 2.91. The largest absolute Gasteiger partial charge is 0.481 e. The molecule has 0 aromatic carbocycles. The zero-order valence-electron chi connectivity index (χ0n) is 8.08. The van der Waals surface area contributed by atoms with Crippen LogP contribution in [0.2, 0.25) is 0 Å². The summed E-state index contributed by atoms with van der Waals surface area (Å²) in [5, 5.41) is 13.3. The van der Waals surface area contributed by atoms with Crippen molar-refractivity contribution in [2.75, 3.05) is 0 Å². The van der Waals surface area contributed by atoms with Gasteiger partial charge in [0.25, 0.3) is 5.91 Å². The van der Waals surface area contributed by atoms with E-state index >= 15 is 0 Å². The van der Waals surface area contributed by atoms with Gasteiger partial charge < -0.3 is 10.4 Å². The summed E-state index contributed by atoms with van der Waals surface area (Å²) in [5.41, 5.74) is -0.963. The van der Waals surface area contributed by atoms with Gasteiger partial charge in [-0.3, -0.25) is 14.9 Å². The fourth-order valence-corrected chi connectivity index (χ4v) is 2.05. The number of carboxylic acid groups (broad SMARTS) is 1. The fraction of sp³-hybridized carbons (Fsp3) is 0.667. The Labute approximate surface area is 86.0 Å². The van der Waals surface area contributed by atoms with Crippen LogP contribution in [0, 0.1) is 5.92 Å². The fourth-order valence-electron chi connectivity index (χ4n) is 2.05. The zero-order chi connectivity index (χ0) is 11.1. The van der Waals surface area contributed by atoms with Crippen LogP contribution in [-0.4, -0.2) is 28.6 Å². The van der Waals surface area contributed by atoms with Crippen molar-refractivity contribution in [1.29, 1.82) is 0 Å². The van der Waals surface area contributed by atoms with Crippen LogP contribution >= 0.6 is 0 Å². The standard InChI is InChI=1S/C9H12N2O4/c12-6(13)3-4-9(5-1-2-5)7(14)10-8(15)11-9/h5H,1-4H2,(H,12,13)(H2,10,11,14,15)/t9-/m1/s1. The first-order valence-corrected chi connectivity index (χ1v) is 4.90. The number of aliphatic carboxylic acids is 1. The molecular formula is C9H12N2O4. The lowest BCUT2D eigenvalue weighted by atomic mass is 9.88. The van der Waals surface area contributed by atoms with Crippen LogP contribution in [0.1, 0.15) is 25.7 Å². The summed E-state index contributed by atoms with van der Waals surface area (Å²) in [4.78, 5) is 33.2. The maximum absolute atomic E-state index is 11.6. The minimum Gasteiger partial charge on any atom is -0.481 e. The minimum absolute atomic E-state index is 0.100. The molecule has 0 aromatic rings. The number of hydrogen-bond acceptors (Lipinski definition) is 3. The second-order valence-corrected chi connectivity index (χ2v) is 4.05. The third-order valence-electron chi connectivity index (χ3n) is 2.98. The van der Waals surface area contributed by atoms with Crippen LogP contribution in [0.4, 0.5) is 4.79 Å². The number of amides is 3. The quantitative estimate of drug-likeness (QED) is 0.564. The molecule has 2 aliphatic rings. The summed E-state index contributed by atoms with van der Waals surface area (Å²) >= 11 is 0. The third-order valence-corrected chi connectivity index (χ3v) is 2.98. The summed E-state index contributed by atoms with van der Waals surface area (Å²) in [6, 6.07) is -0.516. The Morgan fingerprint density at radius 1 is 1.47 bits per heavy atom. The van der Waals surface area contributed by atoms with Gasteiger partial charge in [0.2, 0.25) is 0 Å². The average molecular weight is 212 g/mol. The van der Waals surface area contributed by atoms with Crippen molar-refractivity contribution in [3.63, 3.8) is 0 Å². The highest BCUT2D eigenvalue weighted by atomic mass is 16.4. The van der Waals surface area contributed by atoms with E-state index in [1.165, 1.54) is 0 Å². The molecule has 1 heterocycles. The van der Waals surface area contributed by atoms with Crippen molar-refractivity contribution in [2.24, 2.45) is 5.92 Å². The minimum atomic E-state index is -0.963. The Balaban J connectivity index is 2.13. The number of nitrogens with one attached hydrogen (secondary N) is 2. The van der Waals surface area contributed by atoms with Crippen LogP contribution < -0.4 is 10.6 Å². The molecule has 1 saturated heterocycles. The van der Waals surface area contributed by atoms with Crippen molar-refractivity contribution in [2.45, 2.75) is 31.2 Å². The summed E-state index contributed by atoms with van der Waals surface area (Å²) in [6.45, 7) is 0. The van der Waals surface area contributed by atoms with Gasteiger partial charge in [0, 0.05) is 6.42 Å². The molecule has 0 unspecified atom stereocenters. The molecule has 2 fully saturated rings. The van der Waals surface area contributed by atoms with Gasteiger partial charge in [0.05, 0.1) is 0 Å². The lowest BCUT2D eigenvalue weighted by Crippen LogP contribution is -2.49. The molecule has 0 aromatic heterocycles. The predicted octanol–water partition coefficient (Wildman–Crippen LogP) is -0.161. The number of hydrogen-bond donors (Lipinski definition) is 3. The van der Waals surface area contributed by atoms with Crippen LogP contribution in [0.3, 0.4) is 0 Å². The highest BCUT2D eigenvalue weighted by Crippen LogP contribution is 2.43. The van der Waals surface area contributed by atoms with E-state index in [4.69, 9.17) is 5.11 Å². The van der Waals surface area contributed by atoms with Crippen molar-refractivity contribution in [1.82, 2.24) is 10.6 Å². The topological polar surface area (TPSA) is 95.5 Å². The Kier molecular flexibility index (Phi) is 2.13. The molecular weight excluding hydrogens is 200 g/mol. The molecule has 82 valence electrons. The van der Waals surface area contributed by atoms with E-state index in [2.05, 4.69) is 10.6 Å². The van der Waals surface area contributed by atoms with E-state index in [1.807, 2.05) is 0 Å². The van der Waals surface area contributed by atoms with Gasteiger partial charge in [-0.25, -0.2) is 4.79 Å². The lowest BCUT2D eigenvalue weighted by Gasteiger charge is -2.24. The predicted molar refractivity (Wildman–Crippen MR) is 49.0 cm³/mol. The Hall–Kier alpha value is -1.59. The first kappa shape index (κ1) is 9.95. The van der Waals surface area contributed by atoms with Crippen LogP contribution in [-0.2, 0) is 9.59 Å². The number of urea groups is 1. The summed E-state index contributed by atoms with van der Waals surface area (Å²) < 4.78 is 0. The molecule has 3 N–H and O–H groups in total. The normalized spacial score (nSPS) is 29.9. The highest BCUT2D eigenvalue weighted by Gasteiger charge is 2.55. The van der Waals surface area contributed by atoms with E-state index < -0.39 is 17.5 Å². The van der Waals surface area contributed by atoms with Crippen LogP contribution in [0.5, 0.6) is 0 Å². The monoisotopic (exact) mass is 212 g/mol. The van der Waals surface area contributed by atoms with Crippen molar-refractivity contribution >= 4 is 17.9 Å². The molecule has 6 nitrogen and oxygen atoms in total. The molecule has 2 rings (SSSR count). The summed E-state index contributed by atoms with van der Waals surface area (Å²) in [7, 11) is 0. The first-order valence-electron chi connectivity index (χ1n) is 4.90.